The molecule has 0 aromatic carbocycles. The van der Waals surface area contributed by atoms with Crippen molar-refractivity contribution in [1.29, 1.82) is 0 Å². The summed E-state index contributed by atoms with van der Waals surface area (Å²) < 4.78 is 1.41. The van der Waals surface area contributed by atoms with E-state index in [1.165, 1.54) is 25.7 Å². The zero-order chi connectivity index (χ0) is 10.8. The summed E-state index contributed by atoms with van der Waals surface area (Å²) in [6.07, 6.45) is 7.04. The first kappa shape index (κ1) is 14.7. The number of thiol groups is 2. The number of hydrogen-bond donors (Lipinski definition) is 3. The molecule has 0 aromatic rings. The molecule has 0 fully saturated rings. The predicted octanol–water partition coefficient (Wildman–Crippen LogP) is 3.39. The van der Waals surface area contributed by atoms with E-state index in [-0.39, 0.29) is 0 Å². The highest BCUT2D eigenvalue weighted by Gasteiger charge is 1.93. The first-order valence-electron chi connectivity index (χ1n) is 4.81. The summed E-state index contributed by atoms with van der Waals surface area (Å²) >= 11 is 17.7. The van der Waals surface area contributed by atoms with Gasteiger partial charge in [0, 0.05) is 10.7 Å². The molecule has 0 aliphatic carbocycles. The van der Waals surface area contributed by atoms with Gasteiger partial charge in [-0.25, -0.2) is 0 Å². The van der Waals surface area contributed by atoms with Crippen LogP contribution < -0.4 is 5.32 Å². The van der Waals surface area contributed by atoms with Gasteiger partial charge in [0.1, 0.15) is 4.32 Å². The van der Waals surface area contributed by atoms with E-state index >= 15 is 0 Å². The lowest BCUT2D eigenvalue weighted by molar-refractivity contribution is 0.619. The lowest BCUT2D eigenvalue weighted by Crippen LogP contribution is -2.17. The molecule has 0 aromatic heterocycles. The fraction of sp³-hybridized carbons (Fsp3) is 0.778. The maximum Gasteiger partial charge on any atom is 0.130 e. The van der Waals surface area contributed by atoms with Gasteiger partial charge in [0.25, 0.3) is 0 Å². The Bertz CT molecular complexity index is 162. The zero-order valence-electron chi connectivity index (χ0n) is 8.16. The van der Waals surface area contributed by atoms with Crippen LogP contribution in [0.25, 0.3) is 0 Å². The average molecular weight is 268 g/mol. The second-order valence-corrected chi connectivity index (χ2v) is 5.64. The van der Waals surface area contributed by atoms with E-state index in [9.17, 15) is 0 Å². The summed E-state index contributed by atoms with van der Waals surface area (Å²) in [5, 5.41) is 3.02. The van der Waals surface area contributed by atoms with Crippen LogP contribution in [0, 0.1) is 0 Å². The molecule has 0 unspecified atom stereocenters. The Morgan fingerprint density at radius 2 is 1.50 bits per heavy atom. The van der Waals surface area contributed by atoms with Crippen LogP contribution in [0.4, 0.5) is 0 Å². The maximum atomic E-state index is 4.88. The van der Waals surface area contributed by atoms with Crippen molar-refractivity contribution in [3.8, 4) is 0 Å². The summed E-state index contributed by atoms with van der Waals surface area (Å²) in [7, 11) is 0. The third kappa shape index (κ3) is 12.7. The van der Waals surface area contributed by atoms with Crippen LogP contribution in [0.15, 0.2) is 0 Å². The largest absolute Gasteiger partial charge is 0.371 e. The third-order valence-corrected chi connectivity index (χ3v) is 2.57. The molecular weight excluding hydrogens is 250 g/mol. The summed E-state index contributed by atoms with van der Waals surface area (Å²) in [5.41, 5.74) is 0. The van der Waals surface area contributed by atoms with Crippen LogP contribution in [0.3, 0.4) is 0 Å². The lowest BCUT2D eigenvalue weighted by Gasteiger charge is -2.02. The minimum Gasteiger partial charge on any atom is -0.371 e. The lowest BCUT2D eigenvalue weighted by atomic mass is 10.1. The van der Waals surface area contributed by atoms with Crippen molar-refractivity contribution in [2.24, 2.45) is 0 Å². The first-order chi connectivity index (χ1) is 6.63. The quantitative estimate of drug-likeness (QED) is 0.354. The van der Waals surface area contributed by atoms with Crippen molar-refractivity contribution in [2.75, 3.05) is 6.54 Å². The number of rotatable bonds is 8. The molecule has 0 atom stereocenters. The van der Waals surface area contributed by atoms with E-state index in [1.54, 1.807) is 0 Å². The SMILES string of the molecule is S=C(S)CCCCCCCNC(=S)S. The fourth-order valence-electron chi connectivity index (χ4n) is 1.13. The van der Waals surface area contributed by atoms with Gasteiger partial charge >= 0.3 is 0 Å². The van der Waals surface area contributed by atoms with E-state index in [0.29, 0.717) is 4.32 Å². The molecule has 0 heterocycles. The van der Waals surface area contributed by atoms with E-state index in [0.717, 1.165) is 23.6 Å². The van der Waals surface area contributed by atoms with Gasteiger partial charge in [-0.2, -0.15) is 0 Å². The van der Waals surface area contributed by atoms with Crippen molar-refractivity contribution in [3.05, 3.63) is 0 Å². The average Bonchev–Trinajstić information content (AvgIpc) is 2.08. The standard InChI is InChI=1S/C9H17NS4/c11-8(12)6-4-2-1-3-5-7-10-9(13)14/h1-7H2,(H,11,12)(H2,10,13,14). The Morgan fingerprint density at radius 1 is 0.929 bits per heavy atom. The monoisotopic (exact) mass is 267 g/mol. The van der Waals surface area contributed by atoms with Gasteiger partial charge in [-0.05, 0) is 19.3 Å². The Hall–Kier alpha value is 0.680. The minimum absolute atomic E-state index is 0.588. The molecular formula is C9H17NS4. The second kappa shape index (κ2) is 10.2. The van der Waals surface area contributed by atoms with Crippen molar-refractivity contribution in [3.63, 3.8) is 0 Å². The summed E-state index contributed by atoms with van der Waals surface area (Å²) in [4.78, 5) is 0. The molecule has 0 spiro atoms. The van der Waals surface area contributed by atoms with Crippen LogP contribution >= 0.6 is 49.7 Å². The molecule has 0 aliphatic heterocycles. The van der Waals surface area contributed by atoms with Crippen LogP contribution in [-0.4, -0.2) is 15.1 Å². The van der Waals surface area contributed by atoms with E-state index in [2.05, 4.69) is 30.6 Å². The van der Waals surface area contributed by atoms with Crippen LogP contribution in [0.1, 0.15) is 38.5 Å². The summed E-state index contributed by atoms with van der Waals surface area (Å²) in [6, 6.07) is 0. The molecule has 5 heteroatoms. The Labute approximate surface area is 108 Å². The topological polar surface area (TPSA) is 12.0 Å². The highest BCUT2D eigenvalue weighted by molar-refractivity contribution is 8.11. The highest BCUT2D eigenvalue weighted by atomic mass is 32.1. The van der Waals surface area contributed by atoms with Crippen LogP contribution in [0.5, 0.6) is 0 Å². The second-order valence-electron chi connectivity index (χ2n) is 3.14. The van der Waals surface area contributed by atoms with E-state index in [4.69, 9.17) is 24.4 Å². The Balaban J connectivity index is 2.99. The van der Waals surface area contributed by atoms with Gasteiger partial charge in [-0.15, -0.1) is 25.3 Å². The molecule has 0 aliphatic rings. The van der Waals surface area contributed by atoms with Gasteiger partial charge in [0.15, 0.2) is 0 Å². The van der Waals surface area contributed by atoms with Gasteiger partial charge in [-0.3, -0.25) is 0 Å². The van der Waals surface area contributed by atoms with Crippen molar-refractivity contribution in [1.82, 2.24) is 5.32 Å². The van der Waals surface area contributed by atoms with E-state index < -0.39 is 0 Å². The molecule has 0 rings (SSSR count). The molecule has 0 saturated carbocycles. The third-order valence-electron chi connectivity index (χ3n) is 1.84. The molecule has 14 heavy (non-hydrogen) atoms. The molecule has 1 N–H and O–H groups in total. The van der Waals surface area contributed by atoms with Gasteiger partial charge < -0.3 is 5.32 Å². The van der Waals surface area contributed by atoms with E-state index in [1.807, 2.05) is 0 Å². The molecule has 0 radical (unpaired) electrons. The first-order valence-corrected chi connectivity index (χ1v) is 6.52. The molecule has 82 valence electrons. The maximum absolute atomic E-state index is 4.88. The normalized spacial score (nSPS) is 9.86. The molecule has 1 nitrogen and oxygen atoms in total. The van der Waals surface area contributed by atoms with Crippen LogP contribution in [0.2, 0.25) is 0 Å². The molecule has 0 saturated heterocycles. The van der Waals surface area contributed by atoms with Gasteiger partial charge in [0.2, 0.25) is 0 Å². The number of unbranched alkanes of at least 4 members (excludes halogenated alkanes) is 4. The smallest absolute Gasteiger partial charge is 0.130 e. The van der Waals surface area contributed by atoms with Crippen molar-refractivity contribution in [2.45, 2.75) is 38.5 Å². The fourth-order valence-corrected chi connectivity index (χ4v) is 1.64. The minimum atomic E-state index is 0.588. The molecule has 0 amide bonds. The number of hydrogen-bond acceptors (Lipinski definition) is 2. The zero-order valence-corrected chi connectivity index (χ0v) is 11.6. The summed E-state index contributed by atoms with van der Waals surface area (Å²) in [5.74, 6) is 0. The van der Waals surface area contributed by atoms with Crippen LogP contribution in [-0.2, 0) is 0 Å². The Morgan fingerprint density at radius 3 is 2.07 bits per heavy atom. The predicted molar refractivity (Wildman–Crippen MR) is 78.9 cm³/mol. The highest BCUT2D eigenvalue weighted by Crippen LogP contribution is 2.07. The van der Waals surface area contributed by atoms with Gasteiger partial charge in [-0.1, -0.05) is 43.7 Å². The van der Waals surface area contributed by atoms with Crippen molar-refractivity contribution < 1.29 is 0 Å². The number of nitrogens with one attached hydrogen (secondary N) is 1. The molecule has 0 bridgehead atoms. The number of thiocarbonyl (C=S) groups is 2. The summed E-state index contributed by atoms with van der Waals surface area (Å²) in [6.45, 7) is 0.938. The van der Waals surface area contributed by atoms with Crippen molar-refractivity contribution >= 4 is 58.2 Å². The van der Waals surface area contributed by atoms with Gasteiger partial charge in [0.05, 0.1) is 0 Å². The Kier molecular flexibility index (Phi) is 10.7.